The van der Waals surface area contributed by atoms with Crippen LogP contribution in [0.3, 0.4) is 0 Å². The van der Waals surface area contributed by atoms with Crippen molar-refractivity contribution in [3.8, 4) is 0 Å². The smallest absolute Gasteiger partial charge is 0.254 e. The summed E-state index contributed by atoms with van der Waals surface area (Å²) in [6.45, 7) is 2.89. The molecule has 1 saturated heterocycles. The maximum Gasteiger partial charge on any atom is 0.254 e. The quantitative estimate of drug-likeness (QED) is 0.853. The van der Waals surface area contributed by atoms with Crippen LogP contribution in [0, 0.1) is 0 Å². The Hall–Kier alpha value is -1.10. The van der Waals surface area contributed by atoms with E-state index in [1.807, 2.05) is 19.0 Å². The molecule has 110 valence electrons. The molecule has 1 aromatic rings. The van der Waals surface area contributed by atoms with Crippen molar-refractivity contribution in [3.63, 3.8) is 0 Å². The van der Waals surface area contributed by atoms with E-state index < -0.39 is 0 Å². The molecule has 0 aliphatic carbocycles. The lowest BCUT2D eigenvalue weighted by molar-refractivity contribution is -0.0269. The third-order valence-electron chi connectivity index (χ3n) is 3.42. The number of benzene rings is 1. The van der Waals surface area contributed by atoms with E-state index in [4.69, 9.17) is 16.3 Å². The van der Waals surface area contributed by atoms with Crippen LogP contribution in [-0.2, 0) is 4.74 Å². The molecule has 1 heterocycles. The summed E-state index contributed by atoms with van der Waals surface area (Å²) in [6, 6.07) is 7.04. The van der Waals surface area contributed by atoms with E-state index in [0.29, 0.717) is 30.3 Å². The molecular weight excluding hydrogens is 276 g/mol. The summed E-state index contributed by atoms with van der Waals surface area (Å²) in [5.41, 5.74) is 0.683. The molecule has 0 bridgehead atoms. The Morgan fingerprint density at radius 3 is 2.75 bits per heavy atom. The van der Waals surface area contributed by atoms with Crippen molar-refractivity contribution >= 4 is 17.5 Å². The molecule has 20 heavy (non-hydrogen) atoms. The number of carbonyl (C=O) groups excluding carboxylic acids is 1. The molecule has 1 fully saturated rings. The van der Waals surface area contributed by atoms with Crippen molar-refractivity contribution in [3.05, 3.63) is 34.9 Å². The number of rotatable bonds is 4. The molecular formula is C15H21ClN2O2. The molecule has 0 saturated carbocycles. The first-order valence-corrected chi connectivity index (χ1v) is 7.25. The van der Waals surface area contributed by atoms with E-state index in [2.05, 4.69) is 4.90 Å². The maximum absolute atomic E-state index is 12.4. The van der Waals surface area contributed by atoms with Crippen LogP contribution in [0.25, 0.3) is 0 Å². The predicted molar refractivity (Wildman–Crippen MR) is 80.3 cm³/mol. The van der Waals surface area contributed by atoms with Crippen molar-refractivity contribution in [1.82, 2.24) is 9.80 Å². The van der Waals surface area contributed by atoms with E-state index >= 15 is 0 Å². The van der Waals surface area contributed by atoms with Crippen LogP contribution >= 0.6 is 11.6 Å². The zero-order valence-corrected chi connectivity index (χ0v) is 12.8. The van der Waals surface area contributed by atoms with Gasteiger partial charge in [-0.2, -0.15) is 0 Å². The second-order valence-electron chi connectivity index (χ2n) is 5.34. The highest BCUT2D eigenvalue weighted by molar-refractivity contribution is 6.30. The molecule has 1 unspecified atom stereocenters. The highest BCUT2D eigenvalue weighted by atomic mass is 35.5. The Morgan fingerprint density at radius 1 is 1.40 bits per heavy atom. The first kappa shape index (κ1) is 15.3. The minimum absolute atomic E-state index is 0.0554. The Bertz CT molecular complexity index is 448. The fourth-order valence-corrected chi connectivity index (χ4v) is 2.38. The molecule has 2 rings (SSSR count). The zero-order chi connectivity index (χ0) is 14.5. The summed E-state index contributed by atoms with van der Waals surface area (Å²) in [6.07, 6.45) is 1.07. The van der Waals surface area contributed by atoms with Gasteiger partial charge in [-0.3, -0.25) is 4.79 Å². The molecule has 5 heteroatoms. The first-order valence-electron chi connectivity index (χ1n) is 6.87. The van der Waals surface area contributed by atoms with Crippen LogP contribution in [0.1, 0.15) is 16.8 Å². The van der Waals surface area contributed by atoms with E-state index in [0.717, 1.165) is 13.0 Å². The average Bonchev–Trinajstić information content (AvgIpc) is 2.45. The number of hydrogen-bond acceptors (Lipinski definition) is 3. The zero-order valence-electron chi connectivity index (χ0n) is 12.0. The Morgan fingerprint density at radius 2 is 2.10 bits per heavy atom. The highest BCUT2D eigenvalue weighted by Gasteiger charge is 2.24. The number of ether oxygens (including phenoxy) is 1. The monoisotopic (exact) mass is 296 g/mol. The van der Waals surface area contributed by atoms with Crippen LogP contribution in [0.15, 0.2) is 24.3 Å². The topological polar surface area (TPSA) is 32.8 Å². The number of halogens is 1. The molecule has 0 N–H and O–H groups in total. The molecule has 1 amide bonds. The van der Waals surface area contributed by atoms with Gasteiger partial charge in [0, 0.05) is 30.2 Å². The number of hydrogen-bond donors (Lipinski definition) is 0. The standard InChI is InChI=1S/C15H21ClN2O2/c1-17(2)8-7-14-11-18(9-10-20-14)15(19)12-3-5-13(16)6-4-12/h3-6,14H,7-11H2,1-2H3. The van der Waals surface area contributed by atoms with Gasteiger partial charge in [0.2, 0.25) is 0 Å². The van der Waals surface area contributed by atoms with Crippen molar-refractivity contribution < 1.29 is 9.53 Å². The predicted octanol–water partition coefficient (Wildman–Crippen LogP) is 2.13. The molecule has 0 spiro atoms. The van der Waals surface area contributed by atoms with Gasteiger partial charge in [0.05, 0.1) is 12.7 Å². The minimum atomic E-state index is 0.0554. The normalized spacial score (nSPS) is 19.4. The van der Waals surface area contributed by atoms with E-state index in [9.17, 15) is 4.79 Å². The number of morpholine rings is 1. The van der Waals surface area contributed by atoms with Gasteiger partial charge in [-0.25, -0.2) is 0 Å². The number of nitrogens with zero attached hydrogens (tertiary/aromatic N) is 2. The van der Waals surface area contributed by atoms with Gasteiger partial charge in [-0.05, 0) is 44.8 Å². The fraction of sp³-hybridized carbons (Fsp3) is 0.533. The van der Waals surface area contributed by atoms with Gasteiger partial charge in [-0.15, -0.1) is 0 Å². The van der Waals surface area contributed by atoms with Crippen LogP contribution in [0.5, 0.6) is 0 Å². The third-order valence-corrected chi connectivity index (χ3v) is 3.67. The lowest BCUT2D eigenvalue weighted by Crippen LogP contribution is -2.46. The molecule has 0 aromatic heterocycles. The number of amides is 1. The van der Waals surface area contributed by atoms with Crippen LogP contribution in [-0.4, -0.2) is 62.1 Å². The Balaban J connectivity index is 1.94. The lowest BCUT2D eigenvalue weighted by atomic mass is 10.1. The summed E-state index contributed by atoms with van der Waals surface area (Å²) in [5, 5.41) is 0.646. The maximum atomic E-state index is 12.4. The van der Waals surface area contributed by atoms with E-state index in [1.165, 1.54) is 0 Å². The summed E-state index contributed by atoms with van der Waals surface area (Å²) in [7, 11) is 4.08. The average molecular weight is 297 g/mol. The number of carbonyl (C=O) groups is 1. The van der Waals surface area contributed by atoms with Crippen molar-refractivity contribution in [2.45, 2.75) is 12.5 Å². The van der Waals surface area contributed by atoms with Gasteiger partial charge in [0.25, 0.3) is 5.91 Å². The molecule has 1 aliphatic heterocycles. The van der Waals surface area contributed by atoms with Crippen molar-refractivity contribution in [2.24, 2.45) is 0 Å². The van der Waals surface area contributed by atoms with Gasteiger partial charge in [0.15, 0.2) is 0 Å². The molecule has 1 atom stereocenters. The van der Waals surface area contributed by atoms with E-state index in [-0.39, 0.29) is 12.0 Å². The minimum Gasteiger partial charge on any atom is -0.374 e. The van der Waals surface area contributed by atoms with Crippen molar-refractivity contribution in [2.75, 3.05) is 40.3 Å². The second-order valence-corrected chi connectivity index (χ2v) is 5.78. The molecule has 1 aromatic carbocycles. The SMILES string of the molecule is CN(C)CCC1CN(C(=O)c2ccc(Cl)cc2)CCO1. The van der Waals surface area contributed by atoms with Crippen LogP contribution < -0.4 is 0 Å². The first-order chi connectivity index (χ1) is 9.56. The van der Waals surface area contributed by atoms with Crippen molar-refractivity contribution in [1.29, 1.82) is 0 Å². The fourth-order valence-electron chi connectivity index (χ4n) is 2.26. The Kier molecular flexibility index (Phi) is 5.40. The Labute approximate surface area is 125 Å². The van der Waals surface area contributed by atoms with Gasteiger partial charge < -0.3 is 14.5 Å². The summed E-state index contributed by atoms with van der Waals surface area (Å²) in [5.74, 6) is 0.0554. The van der Waals surface area contributed by atoms with Gasteiger partial charge in [0.1, 0.15) is 0 Å². The second kappa shape index (κ2) is 7.07. The molecule has 0 radical (unpaired) electrons. The van der Waals surface area contributed by atoms with E-state index in [1.54, 1.807) is 24.3 Å². The lowest BCUT2D eigenvalue weighted by Gasteiger charge is -2.33. The summed E-state index contributed by atoms with van der Waals surface area (Å²) in [4.78, 5) is 16.4. The van der Waals surface area contributed by atoms with Gasteiger partial charge >= 0.3 is 0 Å². The molecule has 4 nitrogen and oxygen atoms in total. The highest BCUT2D eigenvalue weighted by Crippen LogP contribution is 2.15. The van der Waals surface area contributed by atoms with Crippen LogP contribution in [0.4, 0.5) is 0 Å². The molecule has 1 aliphatic rings. The summed E-state index contributed by atoms with van der Waals surface area (Å²) >= 11 is 5.85. The van der Waals surface area contributed by atoms with Crippen LogP contribution in [0.2, 0.25) is 5.02 Å². The van der Waals surface area contributed by atoms with Gasteiger partial charge in [-0.1, -0.05) is 11.6 Å². The summed E-state index contributed by atoms with van der Waals surface area (Å²) < 4.78 is 5.72. The largest absolute Gasteiger partial charge is 0.374 e. The third kappa shape index (κ3) is 4.20.